The first-order valence-electron chi connectivity index (χ1n) is 3.89. The Morgan fingerprint density at radius 3 is 2.58 bits per heavy atom. The van der Waals surface area contributed by atoms with Crippen LogP contribution in [-0.2, 0) is 0 Å². The fourth-order valence-corrected chi connectivity index (χ4v) is 1.38. The first-order valence-corrected chi connectivity index (χ1v) is 3.89. The molecule has 2 rings (SSSR count). The summed E-state index contributed by atoms with van der Waals surface area (Å²) in [7, 11) is 0. The van der Waals surface area contributed by atoms with Crippen molar-refractivity contribution >= 4 is 0 Å². The highest BCUT2D eigenvalue weighted by Crippen LogP contribution is 2.40. The molecular weight excluding hydrogens is 160 g/mol. The summed E-state index contributed by atoms with van der Waals surface area (Å²) in [5.74, 6) is -1.50. The van der Waals surface area contributed by atoms with E-state index in [4.69, 9.17) is 5.73 Å². The zero-order valence-corrected chi connectivity index (χ0v) is 6.43. The lowest BCUT2D eigenvalue weighted by molar-refractivity contribution is 0.498. The number of rotatable bonds is 1. The normalized spacial score (nSPS) is 27.2. The first-order chi connectivity index (χ1) is 5.70. The van der Waals surface area contributed by atoms with E-state index in [9.17, 15) is 8.78 Å². The third kappa shape index (κ3) is 1.10. The maximum atomic E-state index is 13.0. The van der Waals surface area contributed by atoms with Gasteiger partial charge in [-0.15, -0.1) is 0 Å². The molecule has 0 saturated heterocycles. The Bertz CT molecular complexity index is 311. The molecule has 0 radical (unpaired) electrons. The van der Waals surface area contributed by atoms with Crippen LogP contribution >= 0.6 is 0 Å². The van der Waals surface area contributed by atoms with E-state index in [1.54, 1.807) is 6.07 Å². The topological polar surface area (TPSA) is 26.0 Å². The third-order valence-corrected chi connectivity index (χ3v) is 2.22. The van der Waals surface area contributed by atoms with Gasteiger partial charge in [-0.2, -0.15) is 0 Å². The highest BCUT2D eigenvalue weighted by molar-refractivity contribution is 5.29. The van der Waals surface area contributed by atoms with Gasteiger partial charge in [-0.25, -0.2) is 8.78 Å². The molecule has 64 valence electrons. The Labute approximate surface area is 69.2 Å². The minimum atomic E-state index is -0.786. The molecule has 12 heavy (non-hydrogen) atoms. The maximum Gasteiger partial charge on any atom is 0.162 e. The van der Waals surface area contributed by atoms with E-state index in [1.807, 2.05) is 0 Å². The molecule has 1 nitrogen and oxygen atoms in total. The largest absolute Gasteiger partial charge is 0.327 e. The van der Waals surface area contributed by atoms with Crippen molar-refractivity contribution in [3.05, 3.63) is 35.4 Å². The van der Waals surface area contributed by atoms with Crippen molar-refractivity contribution in [1.82, 2.24) is 0 Å². The van der Waals surface area contributed by atoms with Crippen LogP contribution in [0, 0.1) is 11.6 Å². The van der Waals surface area contributed by atoms with Crippen LogP contribution in [-0.4, -0.2) is 6.04 Å². The molecule has 1 fully saturated rings. The fourth-order valence-electron chi connectivity index (χ4n) is 1.38. The van der Waals surface area contributed by atoms with Crippen LogP contribution in [0.5, 0.6) is 0 Å². The lowest BCUT2D eigenvalue weighted by atomic mass is 10.1. The van der Waals surface area contributed by atoms with Gasteiger partial charge in [0, 0.05) is 12.0 Å². The molecular formula is C9H9F2N. The van der Waals surface area contributed by atoms with E-state index >= 15 is 0 Å². The quantitative estimate of drug-likeness (QED) is 0.681. The monoisotopic (exact) mass is 169 g/mol. The highest BCUT2D eigenvalue weighted by Gasteiger charge is 2.37. The smallest absolute Gasteiger partial charge is 0.162 e. The van der Waals surface area contributed by atoms with Crippen LogP contribution in [0.2, 0.25) is 0 Å². The number of halogens is 2. The van der Waals surface area contributed by atoms with Gasteiger partial charge in [0.25, 0.3) is 0 Å². The molecule has 1 aliphatic carbocycles. The lowest BCUT2D eigenvalue weighted by Crippen LogP contribution is -2.03. The Morgan fingerprint density at radius 1 is 1.33 bits per heavy atom. The standard InChI is InChI=1S/C9H9F2N/c10-7-3-1-2-5(9(7)11)6-4-8(6)12/h1-3,6,8H,4,12H2/t6-,8+/m1/s1. The van der Waals surface area contributed by atoms with Crippen molar-refractivity contribution in [2.45, 2.75) is 18.4 Å². The number of hydrogen-bond donors (Lipinski definition) is 1. The second-order valence-electron chi connectivity index (χ2n) is 3.15. The van der Waals surface area contributed by atoms with Crippen molar-refractivity contribution in [3.63, 3.8) is 0 Å². The zero-order valence-electron chi connectivity index (χ0n) is 6.43. The predicted octanol–water partition coefficient (Wildman–Crippen LogP) is 1.78. The summed E-state index contributed by atoms with van der Waals surface area (Å²) in [6.07, 6.45) is 0.764. The van der Waals surface area contributed by atoms with Gasteiger partial charge >= 0.3 is 0 Å². The average Bonchev–Trinajstić information content (AvgIpc) is 2.73. The molecule has 3 heteroatoms. The Morgan fingerprint density at radius 2 is 2.00 bits per heavy atom. The summed E-state index contributed by atoms with van der Waals surface area (Å²) < 4.78 is 25.7. The van der Waals surface area contributed by atoms with Gasteiger partial charge in [-0.3, -0.25) is 0 Å². The van der Waals surface area contributed by atoms with Crippen LogP contribution in [0.4, 0.5) is 8.78 Å². The summed E-state index contributed by atoms with van der Waals surface area (Å²) in [6, 6.07) is 4.24. The number of nitrogens with two attached hydrogens (primary N) is 1. The summed E-state index contributed by atoms with van der Waals surface area (Å²) in [4.78, 5) is 0. The Balaban J connectivity index is 2.38. The van der Waals surface area contributed by atoms with E-state index in [0.29, 0.717) is 5.56 Å². The van der Waals surface area contributed by atoms with Crippen molar-refractivity contribution in [2.75, 3.05) is 0 Å². The molecule has 0 bridgehead atoms. The molecule has 1 saturated carbocycles. The van der Waals surface area contributed by atoms with E-state index in [0.717, 1.165) is 12.5 Å². The minimum absolute atomic E-state index is 0.0151. The van der Waals surface area contributed by atoms with Crippen LogP contribution in [0.15, 0.2) is 18.2 Å². The molecule has 2 N–H and O–H groups in total. The second kappa shape index (κ2) is 2.52. The summed E-state index contributed by atoms with van der Waals surface area (Å²) in [6.45, 7) is 0. The first kappa shape index (κ1) is 7.68. The number of benzene rings is 1. The average molecular weight is 169 g/mol. The molecule has 0 heterocycles. The minimum Gasteiger partial charge on any atom is -0.327 e. The molecule has 0 spiro atoms. The van der Waals surface area contributed by atoms with Gasteiger partial charge in [-0.1, -0.05) is 12.1 Å². The molecule has 0 amide bonds. The van der Waals surface area contributed by atoms with Gasteiger partial charge in [0.05, 0.1) is 0 Å². The molecule has 0 aromatic heterocycles. The van der Waals surface area contributed by atoms with E-state index in [1.165, 1.54) is 6.07 Å². The second-order valence-corrected chi connectivity index (χ2v) is 3.15. The molecule has 0 aliphatic heterocycles. The van der Waals surface area contributed by atoms with Crippen LogP contribution in [0.3, 0.4) is 0 Å². The van der Waals surface area contributed by atoms with Gasteiger partial charge in [0.15, 0.2) is 11.6 Å². The van der Waals surface area contributed by atoms with Gasteiger partial charge in [0.1, 0.15) is 0 Å². The van der Waals surface area contributed by atoms with Crippen LogP contribution in [0.25, 0.3) is 0 Å². The van der Waals surface area contributed by atoms with Gasteiger partial charge in [0.2, 0.25) is 0 Å². The SMILES string of the molecule is N[C@H]1C[C@@H]1c1cccc(F)c1F. The summed E-state index contributed by atoms with van der Waals surface area (Å²) in [5, 5.41) is 0. The zero-order chi connectivity index (χ0) is 8.72. The Hall–Kier alpha value is -0.960. The molecule has 1 aromatic carbocycles. The maximum absolute atomic E-state index is 13.0. The lowest BCUT2D eigenvalue weighted by Gasteiger charge is -2.00. The van der Waals surface area contributed by atoms with Crippen molar-refractivity contribution in [3.8, 4) is 0 Å². The fraction of sp³-hybridized carbons (Fsp3) is 0.333. The summed E-state index contributed by atoms with van der Waals surface area (Å²) in [5.41, 5.74) is 5.95. The molecule has 2 atom stereocenters. The molecule has 1 aromatic rings. The van der Waals surface area contributed by atoms with Crippen LogP contribution in [0.1, 0.15) is 17.9 Å². The highest BCUT2D eigenvalue weighted by atomic mass is 19.2. The van der Waals surface area contributed by atoms with Crippen molar-refractivity contribution in [2.24, 2.45) is 5.73 Å². The predicted molar refractivity (Wildman–Crippen MR) is 41.7 cm³/mol. The Kier molecular flexibility index (Phi) is 1.61. The van der Waals surface area contributed by atoms with E-state index in [-0.39, 0.29) is 12.0 Å². The van der Waals surface area contributed by atoms with E-state index in [2.05, 4.69) is 0 Å². The van der Waals surface area contributed by atoms with Crippen molar-refractivity contribution < 1.29 is 8.78 Å². The number of hydrogen-bond acceptors (Lipinski definition) is 1. The van der Waals surface area contributed by atoms with Crippen LogP contribution < -0.4 is 5.73 Å². The van der Waals surface area contributed by atoms with Gasteiger partial charge in [-0.05, 0) is 18.1 Å². The van der Waals surface area contributed by atoms with Gasteiger partial charge < -0.3 is 5.73 Å². The summed E-state index contributed by atoms with van der Waals surface area (Å²) >= 11 is 0. The molecule has 1 aliphatic rings. The third-order valence-electron chi connectivity index (χ3n) is 2.22. The van der Waals surface area contributed by atoms with E-state index < -0.39 is 11.6 Å². The van der Waals surface area contributed by atoms with Crippen molar-refractivity contribution in [1.29, 1.82) is 0 Å². The molecule has 0 unspecified atom stereocenters.